The summed E-state index contributed by atoms with van der Waals surface area (Å²) in [5.41, 5.74) is 1.23. The maximum atomic E-state index is 13.3. The lowest BCUT2D eigenvalue weighted by molar-refractivity contribution is -0.138. The maximum Gasteiger partial charge on any atom is 0.417 e. The molecule has 3 aromatic rings. The number of halogens is 3. The molecule has 0 bridgehead atoms. The lowest BCUT2D eigenvalue weighted by Gasteiger charge is -2.36. The third-order valence-corrected chi connectivity index (χ3v) is 5.71. The zero-order valence-corrected chi connectivity index (χ0v) is 19.5. The van der Waals surface area contributed by atoms with Gasteiger partial charge in [-0.1, -0.05) is 30.0 Å². The van der Waals surface area contributed by atoms with E-state index in [0.717, 1.165) is 17.3 Å². The van der Waals surface area contributed by atoms with Crippen molar-refractivity contribution in [2.45, 2.75) is 13.1 Å². The molecule has 8 heteroatoms. The summed E-state index contributed by atoms with van der Waals surface area (Å²) in [6, 6.07) is 19.5. The van der Waals surface area contributed by atoms with E-state index in [2.05, 4.69) is 16.7 Å². The van der Waals surface area contributed by atoms with Crippen molar-refractivity contribution < 1.29 is 27.5 Å². The summed E-state index contributed by atoms with van der Waals surface area (Å²) in [6.45, 7) is 3.00. The first kappa shape index (κ1) is 24.9. The number of amides is 1. The van der Waals surface area contributed by atoms with Gasteiger partial charge in [-0.05, 0) is 54.6 Å². The van der Waals surface area contributed by atoms with E-state index in [9.17, 15) is 22.8 Å². The highest BCUT2D eigenvalue weighted by atomic mass is 19.4. The minimum Gasteiger partial charge on any atom is -0.427 e. The SMILES string of the molecule is CC(=O)Oc1cccc(C#Cc2ccc(N3CCN(C(=O)c4ccccc4C(F)(F)F)CC3)cc2)c1. The van der Waals surface area contributed by atoms with Gasteiger partial charge < -0.3 is 14.5 Å². The predicted octanol–water partition coefficient (Wildman–Crippen LogP) is 4.99. The van der Waals surface area contributed by atoms with Gasteiger partial charge in [0.25, 0.3) is 5.91 Å². The molecule has 1 aliphatic rings. The van der Waals surface area contributed by atoms with Crippen LogP contribution in [0.5, 0.6) is 5.75 Å². The molecule has 0 spiro atoms. The van der Waals surface area contributed by atoms with Crippen LogP contribution in [-0.4, -0.2) is 43.0 Å². The standard InChI is InChI=1S/C28H23F3N2O3/c1-20(34)36-24-6-4-5-22(19-24)10-9-21-11-13-23(14-12-21)32-15-17-33(18-16-32)27(35)25-7-2-3-8-26(25)28(29,30)31/h2-8,11-14,19H,15-18H2,1H3. The predicted molar refractivity (Wildman–Crippen MR) is 130 cm³/mol. The summed E-state index contributed by atoms with van der Waals surface area (Å²) in [6.07, 6.45) is -4.58. The molecule has 0 N–H and O–H groups in total. The van der Waals surface area contributed by atoms with Crippen LogP contribution in [0.25, 0.3) is 0 Å². The number of alkyl halides is 3. The van der Waals surface area contributed by atoms with E-state index in [1.165, 1.54) is 30.0 Å². The molecular formula is C28H23F3N2O3. The first-order valence-corrected chi connectivity index (χ1v) is 11.3. The molecule has 36 heavy (non-hydrogen) atoms. The number of benzene rings is 3. The van der Waals surface area contributed by atoms with Gasteiger partial charge in [-0.2, -0.15) is 13.2 Å². The fourth-order valence-corrected chi connectivity index (χ4v) is 3.96. The molecule has 4 rings (SSSR count). The van der Waals surface area contributed by atoms with Crippen molar-refractivity contribution in [3.63, 3.8) is 0 Å². The van der Waals surface area contributed by atoms with E-state index >= 15 is 0 Å². The average molecular weight is 492 g/mol. The van der Waals surface area contributed by atoms with Crippen molar-refractivity contribution >= 4 is 17.6 Å². The van der Waals surface area contributed by atoms with Crippen molar-refractivity contribution in [1.29, 1.82) is 0 Å². The van der Waals surface area contributed by atoms with Crippen LogP contribution in [0.4, 0.5) is 18.9 Å². The molecule has 5 nitrogen and oxygen atoms in total. The van der Waals surface area contributed by atoms with E-state index in [-0.39, 0.29) is 5.56 Å². The lowest BCUT2D eigenvalue weighted by Crippen LogP contribution is -2.49. The van der Waals surface area contributed by atoms with Crippen molar-refractivity contribution in [3.05, 3.63) is 95.1 Å². The zero-order valence-electron chi connectivity index (χ0n) is 19.5. The molecule has 0 unspecified atom stereocenters. The summed E-state index contributed by atoms with van der Waals surface area (Å²) in [5, 5.41) is 0. The van der Waals surface area contributed by atoms with Gasteiger partial charge in [0.05, 0.1) is 11.1 Å². The van der Waals surface area contributed by atoms with Gasteiger partial charge in [0, 0.05) is 49.9 Å². The van der Waals surface area contributed by atoms with Gasteiger partial charge in [-0.25, -0.2) is 0 Å². The van der Waals surface area contributed by atoms with Crippen LogP contribution >= 0.6 is 0 Å². The van der Waals surface area contributed by atoms with Crippen LogP contribution in [0, 0.1) is 11.8 Å². The highest BCUT2D eigenvalue weighted by Gasteiger charge is 2.36. The van der Waals surface area contributed by atoms with Gasteiger partial charge in [-0.3, -0.25) is 9.59 Å². The van der Waals surface area contributed by atoms with Crippen molar-refractivity contribution in [2.75, 3.05) is 31.1 Å². The third-order valence-electron chi connectivity index (χ3n) is 5.71. The lowest BCUT2D eigenvalue weighted by atomic mass is 10.1. The summed E-state index contributed by atoms with van der Waals surface area (Å²) >= 11 is 0. The number of carbonyl (C=O) groups is 2. The van der Waals surface area contributed by atoms with Crippen molar-refractivity contribution in [1.82, 2.24) is 4.90 Å². The number of hydrogen-bond acceptors (Lipinski definition) is 4. The smallest absolute Gasteiger partial charge is 0.417 e. The van der Waals surface area contributed by atoms with Gasteiger partial charge >= 0.3 is 12.1 Å². The number of esters is 1. The second kappa shape index (κ2) is 10.6. The van der Waals surface area contributed by atoms with Crippen LogP contribution in [0.15, 0.2) is 72.8 Å². The van der Waals surface area contributed by atoms with Crippen LogP contribution < -0.4 is 9.64 Å². The molecule has 184 valence electrons. The molecule has 1 amide bonds. The third kappa shape index (κ3) is 6.05. The van der Waals surface area contributed by atoms with Crippen LogP contribution in [-0.2, 0) is 11.0 Å². The summed E-state index contributed by atoms with van der Waals surface area (Å²) in [7, 11) is 0. The monoisotopic (exact) mass is 492 g/mol. The first-order chi connectivity index (χ1) is 17.2. The Morgan fingerprint density at radius 1 is 0.833 bits per heavy atom. The van der Waals surface area contributed by atoms with Gasteiger partial charge in [-0.15, -0.1) is 0 Å². The highest BCUT2D eigenvalue weighted by molar-refractivity contribution is 5.96. The molecule has 0 radical (unpaired) electrons. The van der Waals surface area contributed by atoms with Crippen molar-refractivity contribution in [2.24, 2.45) is 0 Å². The van der Waals surface area contributed by atoms with E-state index in [4.69, 9.17) is 4.74 Å². The number of ether oxygens (including phenoxy) is 1. The Bertz CT molecular complexity index is 1320. The Morgan fingerprint density at radius 3 is 2.17 bits per heavy atom. The molecule has 1 saturated heterocycles. The van der Waals surface area contributed by atoms with Crippen LogP contribution in [0.1, 0.15) is 34.0 Å². The number of piperazine rings is 1. The largest absolute Gasteiger partial charge is 0.427 e. The molecule has 1 heterocycles. The number of carbonyl (C=O) groups excluding carboxylic acids is 2. The fourth-order valence-electron chi connectivity index (χ4n) is 3.96. The quantitative estimate of drug-likeness (QED) is 0.294. The molecule has 1 fully saturated rings. The van der Waals surface area contributed by atoms with Gasteiger partial charge in [0.15, 0.2) is 0 Å². The number of rotatable bonds is 3. The Morgan fingerprint density at radius 2 is 1.50 bits per heavy atom. The summed E-state index contributed by atoms with van der Waals surface area (Å²) < 4.78 is 45.0. The molecule has 0 aliphatic carbocycles. The van der Waals surface area contributed by atoms with E-state index in [1.807, 2.05) is 30.3 Å². The Hall–Kier alpha value is -4.25. The van der Waals surface area contributed by atoms with Crippen LogP contribution in [0.2, 0.25) is 0 Å². The molecule has 0 aromatic heterocycles. The second-order valence-electron chi connectivity index (χ2n) is 8.24. The Kier molecular flexibility index (Phi) is 7.30. The number of nitrogens with zero attached hydrogens (tertiary/aromatic N) is 2. The maximum absolute atomic E-state index is 13.3. The number of hydrogen-bond donors (Lipinski definition) is 0. The van der Waals surface area contributed by atoms with Gasteiger partial charge in [0.1, 0.15) is 5.75 Å². The molecule has 1 aliphatic heterocycles. The average Bonchev–Trinajstić information content (AvgIpc) is 2.87. The van der Waals surface area contributed by atoms with Gasteiger partial charge in [0.2, 0.25) is 0 Å². The Balaban J connectivity index is 1.38. The van der Waals surface area contributed by atoms with E-state index < -0.39 is 23.6 Å². The zero-order chi connectivity index (χ0) is 25.7. The normalized spacial score (nSPS) is 13.6. The summed E-state index contributed by atoms with van der Waals surface area (Å²) in [4.78, 5) is 27.4. The first-order valence-electron chi connectivity index (χ1n) is 11.3. The van der Waals surface area contributed by atoms with Crippen molar-refractivity contribution in [3.8, 4) is 17.6 Å². The molecule has 0 atom stereocenters. The van der Waals surface area contributed by atoms with Crippen LogP contribution in [0.3, 0.4) is 0 Å². The second-order valence-corrected chi connectivity index (χ2v) is 8.24. The van der Waals surface area contributed by atoms with E-state index in [0.29, 0.717) is 37.5 Å². The number of anilines is 1. The Labute approximate surface area is 207 Å². The van der Waals surface area contributed by atoms with E-state index in [1.54, 1.807) is 18.2 Å². The topological polar surface area (TPSA) is 49.9 Å². The molecule has 0 saturated carbocycles. The fraction of sp³-hybridized carbons (Fsp3) is 0.214. The molecular weight excluding hydrogens is 469 g/mol. The summed E-state index contributed by atoms with van der Waals surface area (Å²) in [5.74, 6) is 5.55. The minimum atomic E-state index is -4.58. The highest BCUT2D eigenvalue weighted by Crippen LogP contribution is 2.32. The minimum absolute atomic E-state index is 0.320. The molecule has 3 aromatic carbocycles.